The van der Waals surface area contributed by atoms with Crippen LogP contribution in [0.3, 0.4) is 0 Å². The van der Waals surface area contributed by atoms with Gasteiger partial charge in [-0.15, -0.1) is 0 Å². The third-order valence-electron chi connectivity index (χ3n) is 4.88. The largest absolute Gasteiger partial charge is 0.307 e. The molecule has 2 unspecified atom stereocenters. The Balaban J connectivity index is 1.95. The van der Waals surface area contributed by atoms with Crippen LogP contribution < -0.4 is 5.32 Å². The van der Waals surface area contributed by atoms with Gasteiger partial charge in [0.1, 0.15) is 0 Å². The van der Waals surface area contributed by atoms with Crippen LogP contribution >= 0.6 is 0 Å². The average Bonchev–Trinajstić information content (AvgIpc) is 2.39. The molecule has 20 heavy (non-hydrogen) atoms. The third kappa shape index (κ3) is 3.83. The molecule has 0 aliphatic carbocycles. The van der Waals surface area contributed by atoms with E-state index in [1.807, 2.05) is 0 Å². The summed E-state index contributed by atoms with van der Waals surface area (Å²) in [6.45, 7) is 11.5. The van der Waals surface area contributed by atoms with Gasteiger partial charge in [-0.1, -0.05) is 23.8 Å². The Hall–Kier alpha value is -0.860. The van der Waals surface area contributed by atoms with Crippen molar-refractivity contribution < 1.29 is 0 Å². The normalized spacial score (nSPS) is 20.9. The fourth-order valence-corrected chi connectivity index (χ4v) is 3.46. The zero-order chi connectivity index (χ0) is 14.7. The number of nitrogens with zero attached hydrogens (tertiary/aromatic N) is 1. The minimum Gasteiger partial charge on any atom is -0.307 e. The summed E-state index contributed by atoms with van der Waals surface area (Å²) in [5.74, 6) is 0.819. The molecular weight excluding hydrogens is 244 g/mol. The maximum Gasteiger partial charge on any atom is 0.0296 e. The Morgan fingerprint density at radius 1 is 1.15 bits per heavy atom. The standard InChI is InChI=1S/C18H30N2/c1-13-6-7-18(14(2)12-13)16(4)19-15(3)17-8-10-20(5)11-9-17/h6-7,12,15-17,19H,8-11H2,1-5H3. The van der Waals surface area contributed by atoms with Gasteiger partial charge in [0.15, 0.2) is 0 Å². The van der Waals surface area contributed by atoms with Crippen LogP contribution in [-0.4, -0.2) is 31.1 Å². The molecule has 2 rings (SSSR count). The molecule has 1 aliphatic rings. The van der Waals surface area contributed by atoms with E-state index in [1.165, 1.54) is 42.6 Å². The highest BCUT2D eigenvalue weighted by atomic mass is 15.1. The summed E-state index contributed by atoms with van der Waals surface area (Å²) < 4.78 is 0. The fourth-order valence-electron chi connectivity index (χ4n) is 3.46. The maximum atomic E-state index is 3.82. The molecule has 1 aromatic rings. The van der Waals surface area contributed by atoms with E-state index in [0.717, 1.165) is 5.92 Å². The van der Waals surface area contributed by atoms with Gasteiger partial charge in [-0.25, -0.2) is 0 Å². The zero-order valence-electron chi connectivity index (χ0n) is 13.7. The van der Waals surface area contributed by atoms with E-state index in [4.69, 9.17) is 0 Å². The van der Waals surface area contributed by atoms with Crippen molar-refractivity contribution in [3.05, 3.63) is 34.9 Å². The van der Waals surface area contributed by atoms with Gasteiger partial charge in [0.25, 0.3) is 0 Å². The molecule has 1 aliphatic heterocycles. The Bertz CT molecular complexity index is 433. The molecule has 112 valence electrons. The first-order chi connectivity index (χ1) is 9.47. The monoisotopic (exact) mass is 274 g/mol. The van der Waals surface area contributed by atoms with E-state index < -0.39 is 0 Å². The highest BCUT2D eigenvalue weighted by Gasteiger charge is 2.23. The number of hydrogen-bond donors (Lipinski definition) is 1. The first-order valence-electron chi connectivity index (χ1n) is 7.99. The Morgan fingerprint density at radius 3 is 2.40 bits per heavy atom. The third-order valence-corrected chi connectivity index (χ3v) is 4.88. The number of nitrogens with one attached hydrogen (secondary N) is 1. The highest BCUT2D eigenvalue weighted by Crippen LogP contribution is 2.24. The number of hydrogen-bond acceptors (Lipinski definition) is 2. The number of rotatable bonds is 4. The minimum atomic E-state index is 0.435. The van der Waals surface area contributed by atoms with Gasteiger partial charge in [-0.3, -0.25) is 0 Å². The van der Waals surface area contributed by atoms with Crippen molar-refractivity contribution in [1.29, 1.82) is 0 Å². The number of piperidine rings is 1. The summed E-state index contributed by atoms with van der Waals surface area (Å²) in [4.78, 5) is 2.44. The lowest BCUT2D eigenvalue weighted by atomic mass is 9.89. The van der Waals surface area contributed by atoms with Crippen molar-refractivity contribution in [2.24, 2.45) is 5.92 Å². The minimum absolute atomic E-state index is 0.435. The van der Waals surface area contributed by atoms with E-state index in [2.05, 4.69) is 63.2 Å². The highest BCUT2D eigenvalue weighted by molar-refractivity contribution is 5.32. The number of aryl methyl sites for hydroxylation is 2. The summed E-state index contributed by atoms with van der Waals surface area (Å²) in [6, 6.07) is 7.82. The van der Waals surface area contributed by atoms with E-state index >= 15 is 0 Å². The van der Waals surface area contributed by atoms with Crippen LogP contribution in [0, 0.1) is 19.8 Å². The predicted molar refractivity (Wildman–Crippen MR) is 87.1 cm³/mol. The molecule has 2 atom stereocenters. The van der Waals surface area contributed by atoms with Gasteiger partial charge in [-0.2, -0.15) is 0 Å². The van der Waals surface area contributed by atoms with E-state index in [-0.39, 0.29) is 0 Å². The van der Waals surface area contributed by atoms with Gasteiger partial charge in [0, 0.05) is 12.1 Å². The summed E-state index contributed by atoms with van der Waals surface area (Å²) in [5.41, 5.74) is 4.19. The Morgan fingerprint density at radius 2 is 1.80 bits per heavy atom. The van der Waals surface area contributed by atoms with Gasteiger partial charge in [0.05, 0.1) is 0 Å². The van der Waals surface area contributed by atoms with Gasteiger partial charge < -0.3 is 10.2 Å². The summed E-state index contributed by atoms with van der Waals surface area (Å²) in [6.07, 6.45) is 2.65. The van der Waals surface area contributed by atoms with E-state index in [9.17, 15) is 0 Å². The van der Waals surface area contributed by atoms with E-state index in [1.54, 1.807) is 0 Å². The first-order valence-corrected chi connectivity index (χ1v) is 7.99. The molecule has 1 N–H and O–H groups in total. The molecule has 1 heterocycles. The molecule has 0 spiro atoms. The lowest BCUT2D eigenvalue weighted by Crippen LogP contribution is -2.41. The van der Waals surface area contributed by atoms with Gasteiger partial charge in [0.2, 0.25) is 0 Å². The molecule has 0 aromatic heterocycles. The quantitative estimate of drug-likeness (QED) is 0.901. The molecule has 1 fully saturated rings. The molecule has 1 aromatic carbocycles. The molecule has 0 saturated carbocycles. The van der Waals surface area contributed by atoms with Crippen LogP contribution in [-0.2, 0) is 0 Å². The summed E-state index contributed by atoms with van der Waals surface area (Å²) >= 11 is 0. The number of likely N-dealkylation sites (tertiary alicyclic amines) is 1. The SMILES string of the molecule is Cc1ccc(C(C)NC(C)C2CCN(C)CC2)c(C)c1. The second kappa shape index (κ2) is 6.73. The second-order valence-corrected chi connectivity index (χ2v) is 6.68. The molecule has 2 heteroatoms. The summed E-state index contributed by atoms with van der Waals surface area (Å²) in [7, 11) is 2.23. The molecule has 1 saturated heterocycles. The Labute approximate surface area is 124 Å². The smallest absolute Gasteiger partial charge is 0.0296 e. The average molecular weight is 274 g/mol. The van der Waals surface area contributed by atoms with Crippen molar-refractivity contribution in [3.63, 3.8) is 0 Å². The van der Waals surface area contributed by atoms with Crippen LogP contribution in [0.1, 0.15) is 49.4 Å². The van der Waals surface area contributed by atoms with Gasteiger partial charge in [-0.05, 0) is 77.7 Å². The van der Waals surface area contributed by atoms with Crippen LogP contribution in [0.4, 0.5) is 0 Å². The van der Waals surface area contributed by atoms with Crippen LogP contribution in [0.25, 0.3) is 0 Å². The van der Waals surface area contributed by atoms with Gasteiger partial charge >= 0.3 is 0 Å². The zero-order valence-corrected chi connectivity index (χ0v) is 13.7. The molecule has 2 nitrogen and oxygen atoms in total. The first kappa shape index (κ1) is 15.5. The topological polar surface area (TPSA) is 15.3 Å². The molecule has 0 bridgehead atoms. The van der Waals surface area contributed by atoms with Crippen molar-refractivity contribution in [3.8, 4) is 0 Å². The molecular formula is C18H30N2. The second-order valence-electron chi connectivity index (χ2n) is 6.68. The van der Waals surface area contributed by atoms with Crippen molar-refractivity contribution in [1.82, 2.24) is 10.2 Å². The lowest BCUT2D eigenvalue weighted by molar-refractivity contribution is 0.185. The predicted octanol–water partition coefficient (Wildman–Crippen LogP) is 3.68. The lowest BCUT2D eigenvalue weighted by Gasteiger charge is -2.34. The van der Waals surface area contributed by atoms with Crippen molar-refractivity contribution in [2.75, 3.05) is 20.1 Å². The van der Waals surface area contributed by atoms with Crippen LogP contribution in [0.5, 0.6) is 0 Å². The van der Waals surface area contributed by atoms with E-state index in [0.29, 0.717) is 12.1 Å². The number of benzene rings is 1. The Kier molecular flexibility index (Phi) is 5.22. The molecule has 0 radical (unpaired) electrons. The van der Waals surface area contributed by atoms with Crippen molar-refractivity contribution >= 4 is 0 Å². The van der Waals surface area contributed by atoms with Crippen LogP contribution in [0.15, 0.2) is 18.2 Å². The fraction of sp³-hybridized carbons (Fsp3) is 0.667. The summed E-state index contributed by atoms with van der Waals surface area (Å²) in [5, 5.41) is 3.82. The maximum absolute atomic E-state index is 3.82. The molecule has 0 amide bonds. The van der Waals surface area contributed by atoms with Crippen LogP contribution in [0.2, 0.25) is 0 Å². The van der Waals surface area contributed by atoms with Crippen molar-refractivity contribution in [2.45, 2.75) is 52.6 Å².